The number of carbonyl (C=O) groups excluding carboxylic acids is 2. The standard InChI is InChI=1S/C16H27N3O2/c20-15(19-9-2-1-3-10-19)12-18-8-4-5-13(11-18)16(21)17-14-6-7-14/h13-14H,1-12H2,(H,17,21)/t13-/m0/s1. The number of rotatable bonds is 4. The van der Waals surface area contributed by atoms with Gasteiger partial charge in [0.1, 0.15) is 0 Å². The molecule has 2 aliphatic heterocycles. The molecule has 1 atom stereocenters. The fourth-order valence-electron chi connectivity index (χ4n) is 3.39. The van der Waals surface area contributed by atoms with Gasteiger partial charge in [-0.3, -0.25) is 14.5 Å². The molecule has 0 aromatic heterocycles. The van der Waals surface area contributed by atoms with Crippen LogP contribution < -0.4 is 5.32 Å². The summed E-state index contributed by atoms with van der Waals surface area (Å²) in [6.07, 6.45) is 7.78. The van der Waals surface area contributed by atoms with Crippen LogP contribution in [0.5, 0.6) is 0 Å². The average molecular weight is 293 g/mol. The van der Waals surface area contributed by atoms with Crippen LogP contribution in [0.1, 0.15) is 44.9 Å². The molecule has 1 N–H and O–H groups in total. The van der Waals surface area contributed by atoms with Crippen LogP contribution >= 0.6 is 0 Å². The Hall–Kier alpha value is -1.10. The Kier molecular flexibility index (Phi) is 4.78. The van der Waals surface area contributed by atoms with Gasteiger partial charge in [0.05, 0.1) is 12.5 Å². The number of nitrogens with one attached hydrogen (secondary N) is 1. The summed E-state index contributed by atoms with van der Waals surface area (Å²) in [7, 11) is 0. The second-order valence-electron chi connectivity index (χ2n) is 6.80. The minimum Gasteiger partial charge on any atom is -0.353 e. The number of carbonyl (C=O) groups is 2. The molecule has 21 heavy (non-hydrogen) atoms. The average Bonchev–Trinajstić information content (AvgIpc) is 3.32. The van der Waals surface area contributed by atoms with Crippen LogP contribution in [0, 0.1) is 5.92 Å². The largest absolute Gasteiger partial charge is 0.353 e. The second-order valence-corrected chi connectivity index (χ2v) is 6.80. The van der Waals surface area contributed by atoms with Crippen LogP contribution in [0.25, 0.3) is 0 Å². The zero-order valence-electron chi connectivity index (χ0n) is 12.9. The Labute approximate surface area is 127 Å². The summed E-state index contributed by atoms with van der Waals surface area (Å²) in [4.78, 5) is 28.6. The zero-order chi connectivity index (χ0) is 14.7. The van der Waals surface area contributed by atoms with Crippen molar-refractivity contribution in [3.8, 4) is 0 Å². The van der Waals surface area contributed by atoms with E-state index in [1.54, 1.807) is 0 Å². The maximum Gasteiger partial charge on any atom is 0.236 e. The molecule has 0 spiro atoms. The van der Waals surface area contributed by atoms with Gasteiger partial charge in [-0.05, 0) is 51.5 Å². The molecule has 1 saturated carbocycles. The molecule has 3 fully saturated rings. The van der Waals surface area contributed by atoms with Crippen LogP contribution in [0.3, 0.4) is 0 Å². The van der Waals surface area contributed by atoms with Crippen LogP contribution in [0.4, 0.5) is 0 Å². The predicted molar refractivity (Wildman–Crippen MR) is 80.8 cm³/mol. The van der Waals surface area contributed by atoms with E-state index in [1.165, 1.54) is 6.42 Å². The lowest BCUT2D eigenvalue weighted by Crippen LogP contribution is -2.48. The van der Waals surface area contributed by atoms with E-state index in [1.807, 2.05) is 4.90 Å². The number of amides is 2. The van der Waals surface area contributed by atoms with Crippen molar-refractivity contribution in [2.45, 2.75) is 51.0 Å². The Morgan fingerprint density at radius 2 is 1.71 bits per heavy atom. The first kappa shape index (κ1) is 14.8. The molecule has 5 nitrogen and oxygen atoms in total. The van der Waals surface area contributed by atoms with E-state index in [9.17, 15) is 9.59 Å². The number of hydrogen-bond donors (Lipinski definition) is 1. The van der Waals surface area contributed by atoms with E-state index in [-0.39, 0.29) is 17.7 Å². The first-order valence-electron chi connectivity index (χ1n) is 8.53. The molecule has 0 bridgehead atoms. The van der Waals surface area contributed by atoms with Crippen molar-refractivity contribution >= 4 is 11.8 Å². The van der Waals surface area contributed by atoms with Crippen molar-refractivity contribution in [1.29, 1.82) is 0 Å². The Balaban J connectivity index is 1.46. The van der Waals surface area contributed by atoms with Gasteiger partial charge < -0.3 is 10.2 Å². The van der Waals surface area contributed by atoms with Gasteiger partial charge in [-0.2, -0.15) is 0 Å². The molecule has 0 radical (unpaired) electrons. The SMILES string of the molecule is O=C(NC1CC1)[C@H]1CCCN(CC(=O)N2CCCCC2)C1. The van der Waals surface area contributed by atoms with Crippen molar-refractivity contribution in [2.75, 3.05) is 32.7 Å². The van der Waals surface area contributed by atoms with Gasteiger partial charge in [0, 0.05) is 25.7 Å². The van der Waals surface area contributed by atoms with Gasteiger partial charge in [-0.15, -0.1) is 0 Å². The lowest BCUT2D eigenvalue weighted by Gasteiger charge is -2.34. The van der Waals surface area contributed by atoms with E-state index in [4.69, 9.17) is 0 Å². The Morgan fingerprint density at radius 3 is 2.43 bits per heavy atom. The highest BCUT2D eigenvalue weighted by molar-refractivity contribution is 5.80. The summed E-state index contributed by atoms with van der Waals surface area (Å²) in [5, 5.41) is 3.10. The maximum absolute atomic E-state index is 12.3. The Morgan fingerprint density at radius 1 is 0.952 bits per heavy atom. The molecule has 3 aliphatic rings. The van der Waals surface area contributed by atoms with Crippen molar-refractivity contribution in [1.82, 2.24) is 15.1 Å². The smallest absolute Gasteiger partial charge is 0.236 e. The van der Waals surface area contributed by atoms with Crippen LogP contribution in [-0.4, -0.2) is 60.4 Å². The van der Waals surface area contributed by atoms with Crippen LogP contribution in [0.2, 0.25) is 0 Å². The summed E-state index contributed by atoms with van der Waals surface area (Å²) in [6.45, 7) is 4.02. The highest BCUT2D eigenvalue weighted by Crippen LogP contribution is 2.22. The third kappa shape index (κ3) is 4.19. The summed E-state index contributed by atoms with van der Waals surface area (Å²) >= 11 is 0. The van der Waals surface area contributed by atoms with Crippen molar-refractivity contribution in [2.24, 2.45) is 5.92 Å². The van der Waals surface area contributed by atoms with Gasteiger partial charge in [-0.1, -0.05) is 0 Å². The number of nitrogens with zero attached hydrogens (tertiary/aromatic N) is 2. The third-order valence-electron chi connectivity index (χ3n) is 4.87. The first-order valence-corrected chi connectivity index (χ1v) is 8.53. The summed E-state index contributed by atoms with van der Waals surface area (Å²) < 4.78 is 0. The predicted octanol–water partition coefficient (Wildman–Crippen LogP) is 0.989. The van der Waals surface area contributed by atoms with Crippen LogP contribution in [-0.2, 0) is 9.59 Å². The fourth-order valence-corrected chi connectivity index (χ4v) is 3.39. The van der Waals surface area contributed by atoms with Gasteiger partial charge in [0.2, 0.25) is 11.8 Å². The van der Waals surface area contributed by atoms with Gasteiger partial charge in [-0.25, -0.2) is 0 Å². The monoisotopic (exact) mass is 293 g/mol. The molecule has 0 unspecified atom stereocenters. The Bertz CT molecular complexity index is 389. The fraction of sp³-hybridized carbons (Fsp3) is 0.875. The van der Waals surface area contributed by atoms with Crippen LogP contribution in [0.15, 0.2) is 0 Å². The zero-order valence-corrected chi connectivity index (χ0v) is 12.9. The van der Waals surface area contributed by atoms with Gasteiger partial charge in [0.15, 0.2) is 0 Å². The molecule has 1 aliphatic carbocycles. The first-order chi connectivity index (χ1) is 10.2. The minimum absolute atomic E-state index is 0.0773. The molecule has 0 aromatic carbocycles. The molecule has 2 heterocycles. The molecule has 2 saturated heterocycles. The normalized spacial score (nSPS) is 27.4. The quantitative estimate of drug-likeness (QED) is 0.841. The molecule has 5 heteroatoms. The number of piperidine rings is 2. The molecule has 2 amide bonds. The topological polar surface area (TPSA) is 52.7 Å². The highest BCUT2D eigenvalue weighted by Gasteiger charge is 2.31. The number of likely N-dealkylation sites (tertiary alicyclic amines) is 2. The maximum atomic E-state index is 12.3. The van der Waals surface area contributed by atoms with Crippen molar-refractivity contribution in [3.05, 3.63) is 0 Å². The van der Waals surface area contributed by atoms with Gasteiger partial charge in [0.25, 0.3) is 0 Å². The minimum atomic E-state index is 0.0773. The van der Waals surface area contributed by atoms with E-state index in [2.05, 4.69) is 10.2 Å². The number of hydrogen-bond acceptors (Lipinski definition) is 3. The summed E-state index contributed by atoms with van der Waals surface area (Å²) in [5.41, 5.74) is 0. The lowest BCUT2D eigenvalue weighted by atomic mass is 9.97. The summed E-state index contributed by atoms with van der Waals surface area (Å²) in [6, 6.07) is 0.433. The molecular formula is C16H27N3O2. The molecule has 3 rings (SSSR count). The van der Waals surface area contributed by atoms with Crippen molar-refractivity contribution < 1.29 is 9.59 Å². The second kappa shape index (κ2) is 6.77. The third-order valence-corrected chi connectivity index (χ3v) is 4.87. The molecular weight excluding hydrogens is 266 g/mol. The highest BCUT2D eigenvalue weighted by atomic mass is 16.2. The molecule has 118 valence electrons. The lowest BCUT2D eigenvalue weighted by molar-refractivity contribution is -0.135. The van der Waals surface area contributed by atoms with E-state index in [0.717, 1.165) is 64.7 Å². The van der Waals surface area contributed by atoms with E-state index >= 15 is 0 Å². The summed E-state index contributed by atoms with van der Waals surface area (Å²) in [5.74, 6) is 0.527. The van der Waals surface area contributed by atoms with Gasteiger partial charge >= 0.3 is 0 Å². The molecule has 0 aromatic rings. The van der Waals surface area contributed by atoms with E-state index in [0.29, 0.717) is 12.6 Å². The van der Waals surface area contributed by atoms with Crippen molar-refractivity contribution in [3.63, 3.8) is 0 Å². The van der Waals surface area contributed by atoms with E-state index < -0.39 is 0 Å².